The molecule has 1 aliphatic carbocycles. The Morgan fingerprint density at radius 1 is 1.26 bits per heavy atom. The van der Waals surface area contributed by atoms with E-state index in [1.54, 1.807) is 13.3 Å². The molecule has 2 aromatic heterocycles. The van der Waals surface area contributed by atoms with E-state index >= 15 is 0 Å². The third-order valence-electron chi connectivity index (χ3n) is 5.57. The first kappa shape index (κ1) is 21.8. The van der Waals surface area contributed by atoms with Crippen molar-refractivity contribution in [1.82, 2.24) is 30.2 Å². The first-order valence-corrected chi connectivity index (χ1v) is 11.7. The lowest BCUT2D eigenvalue weighted by molar-refractivity contribution is -0.120. The number of carbonyl (C=O) groups excluding carboxylic acids is 1. The van der Waals surface area contributed by atoms with Gasteiger partial charge in [-0.1, -0.05) is 60.3 Å². The minimum absolute atomic E-state index is 0.0918. The van der Waals surface area contributed by atoms with Gasteiger partial charge in [0.1, 0.15) is 11.9 Å². The van der Waals surface area contributed by atoms with Crippen molar-refractivity contribution in [2.75, 3.05) is 5.75 Å². The Kier molecular flexibility index (Phi) is 6.62. The molecule has 1 aromatic carbocycles. The van der Waals surface area contributed by atoms with Crippen molar-refractivity contribution in [2.24, 2.45) is 0 Å². The van der Waals surface area contributed by atoms with Crippen molar-refractivity contribution in [1.29, 1.82) is 0 Å². The highest BCUT2D eigenvalue weighted by Crippen LogP contribution is 2.35. The summed E-state index contributed by atoms with van der Waals surface area (Å²) in [4.78, 5) is 17.4. The number of thioether (sulfide) groups is 1. The number of amides is 1. The number of aromatic nitrogens is 5. The molecule has 0 bridgehead atoms. The summed E-state index contributed by atoms with van der Waals surface area (Å²) in [6.45, 7) is 3.72. The number of carbonyl (C=O) groups is 1. The third kappa shape index (κ3) is 4.93. The first-order valence-electron chi connectivity index (χ1n) is 10.4. The Morgan fingerprint density at radius 2 is 2.03 bits per heavy atom. The number of nitrogens with zero attached hydrogens (tertiary/aromatic N) is 5. The Labute approximate surface area is 190 Å². The van der Waals surface area contributed by atoms with Gasteiger partial charge in [-0.25, -0.2) is 0 Å². The first-order chi connectivity index (χ1) is 15.0. The molecule has 31 heavy (non-hydrogen) atoms. The minimum Gasteiger partial charge on any atom is -0.342 e. The Bertz CT molecular complexity index is 1060. The Morgan fingerprint density at radius 3 is 2.71 bits per heavy atom. The van der Waals surface area contributed by atoms with Crippen LogP contribution in [-0.2, 0) is 10.3 Å². The number of halogens is 1. The highest BCUT2D eigenvalue weighted by molar-refractivity contribution is 7.99. The summed E-state index contributed by atoms with van der Waals surface area (Å²) in [6.07, 6.45) is 7.56. The molecule has 1 amide bonds. The van der Waals surface area contributed by atoms with Gasteiger partial charge < -0.3 is 9.84 Å². The van der Waals surface area contributed by atoms with E-state index in [0.717, 1.165) is 49.8 Å². The van der Waals surface area contributed by atoms with Crippen LogP contribution >= 0.6 is 23.4 Å². The Balaban J connectivity index is 1.47. The largest absolute Gasteiger partial charge is 0.342 e. The van der Waals surface area contributed by atoms with Gasteiger partial charge in [-0.3, -0.25) is 9.36 Å². The van der Waals surface area contributed by atoms with Gasteiger partial charge in [0.05, 0.1) is 11.4 Å². The number of nitrogens with one attached hydrogen (secondary N) is 1. The van der Waals surface area contributed by atoms with Gasteiger partial charge in [0, 0.05) is 11.9 Å². The summed E-state index contributed by atoms with van der Waals surface area (Å²) >= 11 is 7.59. The quantitative estimate of drug-likeness (QED) is 0.430. The highest BCUT2D eigenvalue weighted by Gasteiger charge is 2.38. The standard InChI is InChI=1S/C21H25ClN6O2S/c1-14-7-8-16(11-17(14)22)28-13-23-26-20(28)31-12-18(29)25-21(9-5-3-4-6-10-21)19-24-15(2)30-27-19/h7-8,11,13H,3-6,9-10,12H2,1-2H3,(H,25,29). The molecule has 4 rings (SSSR count). The number of hydrogen-bond donors (Lipinski definition) is 1. The molecule has 3 aromatic rings. The van der Waals surface area contributed by atoms with E-state index in [-0.39, 0.29) is 11.7 Å². The summed E-state index contributed by atoms with van der Waals surface area (Å²) in [6, 6.07) is 5.76. The molecule has 10 heteroatoms. The van der Waals surface area contributed by atoms with Crippen LogP contribution in [0.1, 0.15) is 55.8 Å². The van der Waals surface area contributed by atoms with Crippen molar-refractivity contribution >= 4 is 29.3 Å². The van der Waals surface area contributed by atoms with E-state index in [9.17, 15) is 4.79 Å². The number of rotatable bonds is 6. The second kappa shape index (κ2) is 9.40. The molecule has 1 N–H and O–H groups in total. The van der Waals surface area contributed by atoms with Crippen LogP contribution in [0.15, 0.2) is 34.2 Å². The smallest absolute Gasteiger partial charge is 0.231 e. The van der Waals surface area contributed by atoms with Gasteiger partial charge in [-0.05, 0) is 37.5 Å². The van der Waals surface area contributed by atoms with Gasteiger partial charge in [-0.2, -0.15) is 4.98 Å². The Hall–Kier alpha value is -2.39. The lowest BCUT2D eigenvalue weighted by Crippen LogP contribution is -2.47. The summed E-state index contributed by atoms with van der Waals surface area (Å²) in [5, 5.41) is 16.8. The van der Waals surface area contributed by atoms with Crippen LogP contribution in [0.5, 0.6) is 0 Å². The maximum atomic E-state index is 13.0. The van der Waals surface area contributed by atoms with Gasteiger partial charge >= 0.3 is 0 Å². The van der Waals surface area contributed by atoms with E-state index in [2.05, 4.69) is 25.7 Å². The molecule has 0 saturated heterocycles. The molecular weight excluding hydrogens is 436 g/mol. The number of benzene rings is 1. The topological polar surface area (TPSA) is 98.7 Å². The van der Waals surface area contributed by atoms with Crippen molar-refractivity contribution in [3.8, 4) is 5.69 Å². The molecule has 1 aliphatic rings. The fraction of sp³-hybridized carbons (Fsp3) is 0.476. The monoisotopic (exact) mass is 460 g/mol. The van der Waals surface area contributed by atoms with Crippen molar-refractivity contribution in [3.05, 3.63) is 46.8 Å². The molecule has 164 valence electrons. The zero-order valence-electron chi connectivity index (χ0n) is 17.6. The summed E-state index contributed by atoms with van der Waals surface area (Å²) in [5.41, 5.74) is 1.27. The second-order valence-corrected chi connectivity index (χ2v) is 9.24. The molecule has 0 radical (unpaired) electrons. The predicted octanol–water partition coefficient (Wildman–Crippen LogP) is 4.38. The molecule has 0 spiro atoms. The van der Waals surface area contributed by atoms with Crippen LogP contribution in [0.2, 0.25) is 5.02 Å². The molecule has 8 nitrogen and oxygen atoms in total. The summed E-state index contributed by atoms with van der Waals surface area (Å²) in [7, 11) is 0. The predicted molar refractivity (Wildman–Crippen MR) is 118 cm³/mol. The second-order valence-electron chi connectivity index (χ2n) is 7.89. The molecule has 1 fully saturated rings. The zero-order valence-corrected chi connectivity index (χ0v) is 19.2. The molecule has 0 atom stereocenters. The van der Waals surface area contributed by atoms with Crippen molar-refractivity contribution in [2.45, 2.75) is 63.1 Å². The summed E-state index contributed by atoms with van der Waals surface area (Å²) in [5.74, 6) is 1.19. The lowest BCUT2D eigenvalue weighted by Gasteiger charge is -2.30. The van der Waals surface area contributed by atoms with Crippen LogP contribution < -0.4 is 5.32 Å². The molecular formula is C21H25ClN6O2S. The van der Waals surface area contributed by atoms with Crippen LogP contribution in [0, 0.1) is 13.8 Å². The molecule has 0 aliphatic heterocycles. The fourth-order valence-electron chi connectivity index (χ4n) is 3.89. The number of hydrogen-bond acceptors (Lipinski definition) is 7. The average Bonchev–Trinajstić information content (AvgIpc) is 3.33. The van der Waals surface area contributed by atoms with Crippen molar-refractivity contribution in [3.63, 3.8) is 0 Å². The van der Waals surface area contributed by atoms with Crippen LogP contribution in [-0.4, -0.2) is 36.6 Å². The van der Waals surface area contributed by atoms with E-state index in [4.69, 9.17) is 16.1 Å². The zero-order chi connectivity index (χ0) is 21.8. The molecule has 2 heterocycles. The van der Waals surface area contributed by atoms with Gasteiger partial charge in [0.25, 0.3) is 0 Å². The average molecular weight is 461 g/mol. The lowest BCUT2D eigenvalue weighted by atomic mass is 9.89. The van der Waals surface area contributed by atoms with E-state index in [1.807, 2.05) is 29.7 Å². The van der Waals surface area contributed by atoms with Gasteiger partial charge in [-0.15, -0.1) is 10.2 Å². The SMILES string of the molecule is Cc1nc(C2(NC(=O)CSc3nncn3-c3ccc(C)c(Cl)c3)CCCCCC2)no1. The van der Waals surface area contributed by atoms with E-state index < -0.39 is 5.54 Å². The van der Waals surface area contributed by atoms with Gasteiger partial charge in [0.2, 0.25) is 11.8 Å². The molecule has 1 saturated carbocycles. The molecule has 0 unspecified atom stereocenters. The maximum absolute atomic E-state index is 13.0. The maximum Gasteiger partial charge on any atom is 0.231 e. The van der Waals surface area contributed by atoms with E-state index in [1.165, 1.54) is 11.8 Å². The van der Waals surface area contributed by atoms with E-state index in [0.29, 0.717) is 21.9 Å². The fourth-order valence-corrected chi connectivity index (χ4v) is 4.80. The highest BCUT2D eigenvalue weighted by atomic mass is 35.5. The van der Waals surface area contributed by atoms with Crippen LogP contribution in [0.3, 0.4) is 0 Å². The minimum atomic E-state index is -0.579. The van der Waals surface area contributed by atoms with Gasteiger partial charge in [0.15, 0.2) is 11.0 Å². The summed E-state index contributed by atoms with van der Waals surface area (Å²) < 4.78 is 7.04. The normalized spacial score (nSPS) is 16.1. The number of aryl methyl sites for hydroxylation is 2. The third-order valence-corrected chi connectivity index (χ3v) is 6.92. The van der Waals surface area contributed by atoms with Crippen LogP contribution in [0.4, 0.5) is 0 Å². The van der Waals surface area contributed by atoms with Crippen LogP contribution in [0.25, 0.3) is 5.69 Å². The van der Waals surface area contributed by atoms with Crippen molar-refractivity contribution < 1.29 is 9.32 Å².